The lowest BCUT2D eigenvalue weighted by molar-refractivity contribution is -0.132. The molecule has 0 aromatic carbocycles. The minimum absolute atomic E-state index is 0.0179. The largest absolute Gasteiger partial charge is 0.394 e. The average Bonchev–Trinajstić information content (AvgIpc) is 2.42. The van der Waals surface area contributed by atoms with Crippen molar-refractivity contribution in [2.75, 3.05) is 39.5 Å². The lowest BCUT2D eigenvalue weighted by Crippen LogP contribution is -2.40. The highest BCUT2D eigenvalue weighted by Gasteiger charge is 2.12. The lowest BCUT2D eigenvalue weighted by atomic mass is 10.3. The number of amides is 2. The first-order valence-electron chi connectivity index (χ1n) is 7.38. The maximum absolute atomic E-state index is 11.9. The molecule has 6 heteroatoms. The normalized spacial score (nSPS) is 10.3. The number of rotatable bonds is 12. The van der Waals surface area contributed by atoms with Gasteiger partial charge in [0.05, 0.1) is 19.8 Å². The van der Waals surface area contributed by atoms with Crippen LogP contribution in [0.15, 0.2) is 0 Å². The summed E-state index contributed by atoms with van der Waals surface area (Å²) in [5.41, 5.74) is 0. The molecule has 0 unspecified atom stereocenters. The second kappa shape index (κ2) is 12.9. The van der Waals surface area contributed by atoms with Crippen LogP contribution in [0.5, 0.6) is 0 Å². The second-order valence-corrected chi connectivity index (χ2v) is 4.57. The van der Waals surface area contributed by atoms with Crippen molar-refractivity contribution in [3.05, 3.63) is 0 Å². The predicted octanol–water partition coefficient (Wildman–Crippen LogP) is 0.540. The van der Waals surface area contributed by atoms with Crippen molar-refractivity contribution in [3.8, 4) is 0 Å². The summed E-state index contributed by atoms with van der Waals surface area (Å²) in [4.78, 5) is 25.0. The smallest absolute Gasteiger partial charge is 0.222 e. The van der Waals surface area contributed by atoms with Crippen LogP contribution in [-0.2, 0) is 14.3 Å². The van der Waals surface area contributed by atoms with E-state index >= 15 is 0 Å². The molecule has 0 bridgehead atoms. The van der Waals surface area contributed by atoms with Crippen LogP contribution in [0.25, 0.3) is 0 Å². The van der Waals surface area contributed by atoms with E-state index in [0.717, 1.165) is 12.8 Å². The highest BCUT2D eigenvalue weighted by Crippen LogP contribution is 1.98. The van der Waals surface area contributed by atoms with E-state index in [2.05, 4.69) is 5.32 Å². The van der Waals surface area contributed by atoms with Crippen molar-refractivity contribution >= 4 is 11.8 Å². The van der Waals surface area contributed by atoms with Crippen LogP contribution in [0.2, 0.25) is 0 Å². The van der Waals surface area contributed by atoms with Gasteiger partial charge >= 0.3 is 0 Å². The number of hydrogen-bond donors (Lipinski definition) is 2. The number of nitrogens with one attached hydrogen (secondary N) is 1. The van der Waals surface area contributed by atoms with Crippen molar-refractivity contribution < 1.29 is 19.4 Å². The molecule has 0 aliphatic carbocycles. The molecular weight excluding hydrogens is 260 g/mol. The predicted molar refractivity (Wildman–Crippen MR) is 77.3 cm³/mol. The molecule has 0 atom stereocenters. The molecule has 2 amide bonds. The number of carbonyl (C=O) groups is 2. The van der Waals surface area contributed by atoms with Gasteiger partial charge in [0, 0.05) is 32.5 Å². The van der Waals surface area contributed by atoms with Crippen LogP contribution in [0.3, 0.4) is 0 Å². The number of hydrogen-bond acceptors (Lipinski definition) is 4. The van der Waals surface area contributed by atoms with E-state index in [0.29, 0.717) is 39.1 Å². The van der Waals surface area contributed by atoms with E-state index in [1.54, 1.807) is 4.90 Å². The SMILES string of the molecule is CCCC(=O)NCCN(CCOCCO)C(=O)CCC. The van der Waals surface area contributed by atoms with Gasteiger partial charge in [0.15, 0.2) is 0 Å². The zero-order chi connectivity index (χ0) is 15.2. The van der Waals surface area contributed by atoms with E-state index < -0.39 is 0 Å². The Morgan fingerprint density at radius 1 is 1.10 bits per heavy atom. The molecule has 0 fully saturated rings. The minimum atomic E-state index is -0.0179. The number of aliphatic hydroxyl groups is 1. The zero-order valence-corrected chi connectivity index (χ0v) is 12.7. The molecule has 20 heavy (non-hydrogen) atoms. The summed E-state index contributed by atoms with van der Waals surface area (Å²) in [7, 11) is 0. The van der Waals surface area contributed by atoms with Gasteiger partial charge in [-0.2, -0.15) is 0 Å². The van der Waals surface area contributed by atoms with E-state index in [-0.39, 0.29) is 25.0 Å². The number of nitrogens with zero attached hydrogens (tertiary/aromatic N) is 1. The van der Waals surface area contributed by atoms with Crippen molar-refractivity contribution in [1.29, 1.82) is 0 Å². The van der Waals surface area contributed by atoms with Gasteiger partial charge < -0.3 is 20.1 Å². The van der Waals surface area contributed by atoms with Crippen LogP contribution in [0, 0.1) is 0 Å². The molecule has 0 spiro atoms. The summed E-state index contributed by atoms with van der Waals surface area (Å²) < 4.78 is 5.18. The van der Waals surface area contributed by atoms with E-state index in [1.807, 2.05) is 13.8 Å². The molecule has 0 aromatic heterocycles. The summed E-state index contributed by atoms with van der Waals surface area (Å²) in [5, 5.41) is 11.4. The average molecular weight is 288 g/mol. The number of carbonyl (C=O) groups excluding carboxylic acids is 2. The van der Waals surface area contributed by atoms with E-state index in [1.165, 1.54) is 0 Å². The van der Waals surface area contributed by atoms with Gasteiger partial charge in [-0.15, -0.1) is 0 Å². The van der Waals surface area contributed by atoms with Crippen LogP contribution >= 0.6 is 0 Å². The number of aliphatic hydroxyl groups excluding tert-OH is 1. The van der Waals surface area contributed by atoms with Crippen molar-refractivity contribution in [2.45, 2.75) is 39.5 Å². The van der Waals surface area contributed by atoms with Crippen LogP contribution < -0.4 is 5.32 Å². The highest BCUT2D eigenvalue weighted by molar-refractivity contribution is 5.77. The Balaban J connectivity index is 4.03. The third-order valence-corrected chi connectivity index (χ3v) is 2.74. The maximum atomic E-state index is 11.9. The van der Waals surface area contributed by atoms with Crippen molar-refractivity contribution in [2.24, 2.45) is 0 Å². The lowest BCUT2D eigenvalue weighted by Gasteiger charge is -2.22. The molecule has 0 radical (unpaired) electrons. The van der Waals surface area contributed by atoms with Gasteiger partial charge in [0.1, 0.15) is 0 Å². The molecule has 0 aliphatic rings. The van der Waals surface area contributed by atoms with Gasteiger partial charge in [-0.05, 0) is 12.8 Å². The van der Waals surface area contributed by atoms with E-state index in [9.17, 15) is 9.59 Å². The molecule has 6 nitrogen and oxygen atoms in total. The molecule has 0 heterocycles. The summed E-state index contributed by atoms with van der Waals surface area (Å²) in [6.07, 6.45) is 2.64. The summed E-state index contributed by atoms with van der Waals surface area (Å²) in [5.74, 6) is 0.0942. The Bertz CT molecular complexity index is 272. The van der Waals surface area contributed by atoms with Crippen LogP contribution in [0.4, 0.5) is 0 Å². The van der Waals surface area contributed by atoms with Gasteiger partial charge in [-0.1, -0.05) is 13.8 Å². The molecule has 0 rings (SSSR count). The summed E-state index contributed by atoms with van der Waals surface area (Å²) in [6.45, 7) is 6.03. The quantitative estimate of drug-likeness (QED) is 0.514. The highest BCUT2D eigenvalue weighted by atomic mass is 16.5. The fourth-order valence-electron chi connectivity index (χ4n) is 1.72. The topological polar surface area (TPSA) is 78.9 Å². The van der Waals surface area contributed by atoms with Gasteiger partial charge in [0.2, 0.25) is 11.8 Å². The Morgan fingerprint density at radius 3 is 2.40 bits per heavy atom. The van der Waals surface area contributed by atoms with Crippen LogP contribution in [-0.4, -0.2) is 61.3 Å². The molecule has 0 saturated heterocycles. The molecule has 0 aliphatic heterocycles. The fraction of sp³-hybridized carbons (Fsp3) is 0.857. The Labute approximate surface area is 121 Å². The molecule has 0 saturated carbocycles. The van der Waals surface area contributed by atoms with Crippen molar-refractivity contribution in [3.63, 3.8) is 0 Å². The molecule has 2 N–H and O–H groups in total. The van der Waals surface area contributed by atoms with Crippen molar-refractivity contribution in [1.82, 2.24) is 10.2 Å². The van der Waals surface area contributed by atoms with Gasteiger partial charge in [-0.3, -0.25) is 9.59 Å². The molecule has 0 aromatic rings. The Morgan fingerprint density at radius 2 is 1.80 bits per heavy atom. The first kappa shape index (κ1) is 18.9. The van der Waals surface area contributed by atoms with Gasteiger partial charge in [-0.25, -0.2) is 0 Å². The monoisotopic (exact) mass is 288 g/mol. The van der Waals surface area contributed by atoms with E-state index in [4.69, 9.17) is 9.84 Å². The van der Waals surface area contributed by atoms with Crippen LogP contribution in [0.1, 0.15) is 39.5 Å². The second-order valence-electron chi connectivity index (χ2n) is 4.57. The van der Waals surface area contributed by atoms with Gasteiger partial charge in [0.25, 0.3) is 0 Å². The Kier molecular flexibility index (Phi) is 12.1. The first-order valence-corrected chi connectivity index (χ1v) is 7.38. The first-order chi connectivity index (χ1) is 9.65. The third-order valence-electron chi connectivity index (χ3n) is 2.74. The summed E-state index contributed by atoms with van der Waals surface area (Å²) in [6, 6.07) is 0. The minimum Gasteiger partial charge on any atom is -0.394 e. The zero-order valence-electron chi connectivity index (χ0n) is 12.7. The Hall–Kier alpha value is -1.14. The fourth-order valence-corrected chi connectivity index (χ4v) is 1.72. The standard InChI is InChI=1S/C14H28N2O4/c1-3-5-13(18)15-7-8-16(14(19)6-4-2)9-11-20-12-10-17/h17H,3-12H2,1-2H3,(H,15,18). The third kappa shape index (κ3) is 9.75. The number of ether oxygens (including phenoxy) is 1. The molecule has 118 valence electrons. The summed E-state index contributed by atoms with van der Waals surface area (Å²) >= 11 is 0. The maximum Gasteiger partial charge on any atom is 0.222 e. The molecular formula is C14H28N2O4.